The average Bonchev–Trinajstić information content (AvgIpc) is 2.72. The van der Waals surface area contributed by atoms with E-state index in [2.05, 4.69) is 26.1 Å². The maximum Gasteiger partial charge on any atom is 0.252 e. The first kappa shape index (κ1) is 19.2. The number of ether oxygens (including phenoxy) is 1. The molecule has 0 aliphatic carbocycles. The zero-order valence-corrected chi connectivity index (χ0v) is 16.7. The Morgan fingerprint density at radius 2 is 1.70 bits per heavy atom. The Hall–Kier alpha value is -2.54. The van der Waals surface area contributed by atoms with Gasteiger partial charge >= 0.3 is 0 Å². The second kappa shape index (κ2) is 8.90. The van der Waals surface area contributed by atoms with E-state index in [0.717, 1.165) is 24.5 Å². The molecule has 2 amide bonds. The quantitative estimate of drug-likeness (QED) is 0.789. The number of anilines is 1. The van der Waals surface area contributed by atoms with E-state index in [1.807, 2.05) is 30.3 Å². The van der Waals surface area contributed by atoms with Gasteiger partial charge in [0.2, 0.25) is 5.91 Å². The van der Waals surface area contributed by atoms with Gasteiger partial charge in [0.05, 0.1) is 19.2 Å². The summed E-state index contributed by atoms with van der Waals surface area (Å²) in [6.45, 7) is 2.79. The van der Waals surface area contributed by atoms with Crippen LogP contribution in [0.25, 0.3) is 0 Å². The van der Waals surface area contributed by atoms with Crippen LogP contribution in [-0.2, 0) is 4.79 Å². The summed E-state index contributed by atoms with van der Waals surface area (Å²) in [5.74, 6) is 0.505. The zero-order chi connectivity index (χ0) is 19.2. The van der Waals surface area contributed by atoms with Crippen molar-refractivity contribution < 1.29 is 14.3 Å². The first-order valence-corrected chi connectivity index (χ1v) is 9.57. The molecule has 0 atom stereocenters. The molecule has 1 aliphatic heterocycles. The number of carbonyl (C=O) groups is 2. The molecular weight excluding hydrogens is 410 g/mol. The molecule has 0 aromatic heterocycles. The van der Waals surface area contributed by atoms with Gasteiger partial charge in [-0.15, -0.1) is 0 Å². The molecule has 1 aliphatic rings. The summed E-state index contributed by atoms with van der Waals surface area (Å²) in [7, 11) is 1.65. The van der Waals surface area contributed by atoms with Gasteiger partial charge in [0, 0.05) is 36.3 Å². The fraction of sp³-hybridized carbons (Fsp3) is 0.300. The number of carbonyl (C=O) groups excluding carboxylic acids is 2. The first-order chi connectivity index (χ1) is 13.1. The smallest absolute Gasteiger partial charge is 0.252 e. The van der Waals surface area contributed by atoms with E-state index in [-0.39, 0.29) is 18.4 Å². The van der Waals surface area contributed by atoms with Gasteiger partial charge in [0.15, 0.2) is 0 Å². The van der Waals surface area contributed by atoms with Crippen LogP contribution in [0.4, 0.5) is 5.69 Å². The second-order valence-corrected chi connectivity index (χ2v) is 7.08. The van der Waals surface area contributed by atoms with Crippen LogP contribution >= 0.6 is 15.9 Å². The molecule has 3 rings (SSSR count). The second-order valence-electron chi connectivity index (χ2n) is 6.23. The minimum Gasteiger partial charge on any atom is -0.497 e. The molecule has 1 saturated heterocycles. The van der Waals surface area contributed by atoms with E-state index in [0.29, 0.717) is 23.1 Å². The first-order valence-electron chi connectivity index (χ1n) is 8.78. The van der Waals surface area contributed by atoms with E-state index in [4.69, 9.17) is 4.74 Å². The molecule has 1 fully saturated rings. The Labute approximate surface area is 167 Å². The highest BCUT2D eigenvalue weighted by Gasteiger charge is 2.22. The molecule has 0 saturated carbocycles. The molecule has 0 spiro atoms. The highest BCUT2D eigenvalue weighted by molar-refractivity contribution is 9.10. The van der Waals surface area contributed by atoms with Crippen molar-refractivity contribution in [2.45, 2.75) is 0 Å². The number of rotatable bonds is 5. The van der Waals surface area contributed by atoms with Crippen LogP contribution < -0.4 is 15.0 Å². The lowest BCUT2D eigenvalue weighted by Crippen LogP contribution is -2.51. The zero-order valence-electron chi connectivity index (χ0n) is 15.2. The molecule has 7 heteroatoms. The van der Waals surface area contributed by atoms with Gasteiger partial charge < -0.3 is 19.9 Å². The summed E-state index contributed by atoms with van der Waals surface area (Å²) in [6.07, 6.45) is 0. The van der Waals surface area contributed by atoms with Crippen molar-refractivity contribution in [3.63, 3.8) is 0 Å². The molecule has 142 valence electrons. The topological polar surface area (TPSA) is 61.9 Å². The van der Waals surface area contributed by atoms with Gasteiger partial charge in [-0.2, -0.15) is 0 Å². The Morgan fingerprint density at radius 1 is 1.04 bits per heavy atom. The van der Waals surface area contributed by atoms with E-state index in [9.17, 15) is 9.59 Å². The summed E-state index contributed by atoms with van der Waals surface area (Å²) in [4.78, 5) is 28.7. The molecule has 0 bridgehead atoms. The van der Waals surface area contributed by atoms with Crippen molar-refractivity contribution in [1.29, 1.82) is 0 Å². The SMILES string of the molecule is COc1ccc(N2CCN(C(=O)CNC(=O)c3ccccc3Br)CC2)cc1. The minimum atomic E-state index is -0.257. The number of methoxy groups -OCH3 is 1. The predicted octanol–water partition coefficient (Wildman–Crippen LogP) is 2.54. The minimum absolute atomic E-state index is 0.00268. The summed E-state index contributed by atoms with van der Waals surface area (Å²) in [5.41, 5.74) is 1.64. The third-order valence-corrected chi connectivity index (χ3v) is 5.28. The molecule has 1 N–H and O–H groups in total. The summed E-state index contributed by atoms with van der Waals surface area (Å²) < 4.78 is 5.89. The number of nitrogens with one attached hydrogen (secondary N) is 1. The predicted molar refractivity (Wildman–Crippen MR) is 108 cm³/mol. The number of amides is 2. The highest BCUT2D eigenvalue weighted by Crippen LogP contribution is 2.20. The Morgan fingerprint density at radius 3 is 2.33 bits per heavy atom. The number of halogens is 1. The molecule has 27 heavy (non-hydrogen) atoms. The summed E-state index contributed by atoms with van der Waals surface area (Å²) in [6, 6.07) is 15.1. The normalized spacial score (nSPS) is 14.0. The maximum atomic E-state index is 12.4. The number of benzene rings is 2. The monoisotopic (exact) mass is 431 g/mol. The van der Waals surface area contributed by atoms with Crippen molar-refractivity contribution >= 4 is 33.4 Å². The Bertz CT molecular complexity index is 802. The third-order valence-electron chi connectivity index (χ3n) is 4.59. The third kappa shape index (κ3) is 4.80. The van der Waals surface area contributed by atoms with Crippen molar-refractivity contribution in [3.8, 4) is 5.75 Å². The Kier molecular flexibility index (Phi) is 6.34. The number of hydrogen-bond acceptors (Lipinski definition) is 4. The van der Waals surface area contributed by atoms with Gasteiger partial charge in [0.1, 0.15) is 5.75 Å². The van der Waals surface area contributed by atoms with E-state index in [1.165, 1.54) is 0 Å². The molecule has 0 radical (unpaired) electrons. The van der Waals surface area contributed by atoms with Crippen LogP contribution in [0.3, 0.4) is 0 Å². The number of hydrogen-bond donors (Lipinski definition) is 1. The Balaban J connectivity index is 1.48. The van der Waals surface area contributed by atoms with Crippen molar-refractivity contribution in [1.82, 2.24) is 10.2 Å². The lowest BCUT2D eigenvalue weighted by Gasteiger charge is -2.36. The molecular formula is C20H22BrN3O3. The van der Waals surface area contributed by atoms with Crippen molar-refractivity contribution in [2.75, 3.05) is 44.7 Å². The van der Waals surface area contributed by atoms with E-state index >= 15 is 0 Å². The van der Waals surface area contributed by atoms with Crippen LogP contribution in [0.1, 0.15) is 10.4 Å². The van der Waals surface area contributed by atoms with Gasteiger partial charge in [-0.05, 0) is 52.3 Å². The van der Waals surface area contributed by atoms with Crippen LogP contribution in [0.15, 0.2) is 53.0 Å². The van der Waals surface area contributed by atoms with Crippen molar-refractivity contribution in [3.05, 3.63) is 58.6 Å². The number of nitrogens with zero attached hydrogens (tertiary/aromatic N) is 2. The van der Waals surface area contributed by atoms with Gasteiger partial charge in [-0.1, -0.05) is 12.1 Å². The maximum absolute atomic E-state index is 12.4. The standard InChI is InChI=1S/C20H22BrN3O3/c1-27-16-8-6-15(7-9-16)23-10-12-24(13-11-23)19(25)14-22-20(26)17-4-2-3-5-18(17)21/h2-9H,10-14H2,1H3,(H,22,26). The average molecular weight is 432 g/mol. The van der Waals surface area contributed by atoms with Gasteiger partial charge in [-0.25, -0.2) is 0 Å². The van der Waals surface area contributed by atoms with Gasteiger partial charge in [-0.3, -0.25) is 9.59 Å². The van der Waals surface area contributed by atoms with Crippen LogP contribution in [-0.4, -0.2) is 56.5 Å². The molecule has 1 heterocycles. The van der Waals surface area contributed by atoms with E-state index in [1.54, 1.807) is 30.2 Å². The highest BCUT2D eigenvalue weighted by atomic mass is 79.9. The molecule has 6 nitrogen and oxygen atoms in total. The largest absolute Gasteiger partial charge is 0.497 e. The van der Waals surface area contributed by atoms with Crippen molar-refractivity contribution in [2.24, 2.45) is 0 Å². The van der Waals surface area contributed by atoms with E-state index < -0.39 is 0 Å². The van der Waals surface area contributed by atoms with Crippen LogP contribution in [0.5, 0.6) is 5.75 Å². The van der Waals surface area contributed by atoms with Crippen LogP contribution in [0, 0.1) is 0 Å². The van der Waals surface area contributed by atoms with Crippen LogP contribution in [0.2, 0.25) is 0 Å². The molecule has 2 aromatic rings. The molecule has 2 aromatic carbocycles. The summed E-state index contributed by atoms with van der Waals surface area (Å²) in [5, 5.41) is 2.70. The lowest BCUT2D eigenvalue weighted by molar-refractivity contribution is -0.130. The lowest BCUT2D eigenvalue weighted by atomic mass is 10.2. The summed E-state index contributed by atoms with van der Waals surface area (Å²) >= 11 is 3.35. The fourth-order valence-corrected chi connectivity index (χ4v) is 3.48. The fourth-order valence-electron chi connectivity index (χ4n) is 3.02. The molecule has 0 unspecified atom stereocenters. The number of piperazine rings is 1. The van der Waals surface area contributed by atoms with Gasteiger partial charge in [0.25, 0.3) is 5.91 Å².